The molecule has 134 valence electrons. The molecule has 6 heteroatoms. The minimum atomic E-state index is -0.618. The van der Waals surface area contributed by atoms with E-state index >= 15 is 0 Å². The van der Waals surface area contributed by atoms with Crippen LogP contribution in [0.5, 0.6) is 0 Å². The topological polar surface area (TPSA) is 82.7 Å². The van der Waals surface area contributed by atoms with Gasteiger partial charge in [0.25, 0.3) is 0 Å². The van der Waals surface area contributed by atoms with E-state index in [-0.39, 0.29) is 5.91 Å². The summed E-state index contributed by atoms with van der Waals surface area (Å²) in [6.45, 7) is 13.7. The number of aliphatic imine (C=N–C) groups is 1. The lowest BCUT2D eigenvalue weighted by Crippen LogP contribution is -2.41. The van der Waals surface area contributed by atoms with Crippen LogP contribution < -0.4 is 16.4 Å². The van der Waals surface area contributed by atoms with Gasteiger partial charge in [-0.25, -0.2) is 0 Å². The summed E-state index contributed by atoms with van der Waals surface area (Å²) in [6.07, 6.45) is 3.73. The van der Waals surface area contributed by atoms with Gasteiger partial charge < -0.3 is 21.3 Å². The predicted octanol–water partition coefficient (Wildman–Crippen LogP) is 1.18. The van der Waals surface area contributed by atoms with Crippen LogP contribution in [0.4, 0.5) is 0 Å². The lowest BCUT2D eigenvalue weighted by atomic mass is 9.93. The number of likely N-dealkylation sites (tertiary alicyclic amines) is 1. The minimum absolute atomic E-state index is 0.323. The lowest BCUT2D eigenvalue weighted by molar-refractivity contribution is -0.125. The number of carbonyl (C=O) groups excluding carboxylic acids is 1. The van der Waals surface area contributed by atoms with Gasteiger partial charge in [-0.05, 0) is 65.6 Å². The number of carbonyl (C=O) groups is 1. The van der Waals surface area contributed by atoms with E-state index in [1.165, 1.54) is 25.9 Å². The van der Waals surface area contributed by atoms with Crippen molar-refractivity contribution in [2.75, 3.05) is 39.3 Å². The summed E-state index contributed by atoms with van der Waals surface area (Å²) in [5, 5.41) is 6.55. The average Bonchev–Trinajstić information content (AvgIpc) is 2.50. The second-order valence-corrected chi connectivity index (χ2v) is 7.25. The molecule has 0 aromatic rings. The van der Waals surface area contributed by atoms with E-state index in [0.717, 1.165) is 37.9 Å². The summed E-state index contributed by atoms with van der Waals surface area (Å²) in [5.41, 5.74) is 4.77. The van der Waals surface area contributed by atoms with Gasteiger partial charge in [-0.15, -0.1) is 0 Å². The van der Waals surface area contributed by atoms with Crippen LogP contribution in [0.3, 0.4) is 0 Å². The molecule has 0 unspecified atom stereocenters. The normalized spacial score (nSPS) is 18.0. The highest BCUT2D eigenvalue weighted by molar-refractivity contribution is 5.82. The molecule has 0 spiro atoms. The zero-order valence-electron chi connectivity index (χ0n) is 15.3. The van der Waals surface area contributed by atoms with Crippen molar-refractivity contribution in [2.45, 2.75) is 47.0 Å². The van der Waals surface area contributed by atoms with E-state index in [9.17, 15) is 4.79 Å². The van der Waals surface area contributed by atoms with Gasteiger partial charge in [-0.3, -0.25) is 9.79 Å². The van der Waals surface area contributed by atoms with Gasteiger partial charge in [0.2, 0.25) is 5.91 Å². The van der Waals surface area contributed by atoms with Gasteiger partial charge in [0.1, 0.15) is 0 Å². The van der Waals surface area contributed by atoms with Crippen LogP contribution in [-0.2, 0) is 4.79 Å². The Balaban J connectivity index is 2.31. The zero-order chi connectivity index (χ0) is 17.3. The van der Waals surface area contributed by atoms with Crippen molar-refractivity contribution in [1.29, 1.82) is 0 Å². The molecule has 0 bridgehead atoms. The molecular formula is C17H35N5O. The fourth-order valence-electron chi connectivity index (χ4n) is 2.49. The first-order valence-corrected chi connectivity index (χ1v) is 8.89. The Morgan fingerprint density at radius 1 is 1.30 bits per heavy atom. The Bertz CT molecular complexity index is 386. The van der Waals surface area contributed by atoms with E-state index < -0.39 is 5.41 Å². The molecule has 1 fully saturated rings. The maximum atomic E-state index is 11.4. The maximum absolute atomic E-state index is 11.4. The molecule has 0 atom stereocenters. The molecular weight excluding hydrogens is 290 g/mol. The van der Waals surface area contributed by atoms with E-state index in [4.69, 9.17) is 5.73 Å². The molecule has 1 rings (SSSR count). The Morgan fingerprint density at radius 2 is 1.96 bits per heavy atom. The van der Waals surface area contributed by atoms with Crippen LogP contribution in [0.2, 0.25) is 0 Å². The fraction of sp³-hybridized carbons (Fsp3) is 0.882. The predicted molar refractivity (Wildman–Crippen MR) is 96.4 cm³/mol. The average molecular weight is 326 g/mol. The van der Waals surface area contributed by atoms with Crippen LogP contribution in [0.25, 0.3) is 0 Å². The number of hydrogen-bond donors (Lipinski definition) is 3. The minimum Gasteiger partial charge on any atom is -0.369 e. The highest BCUT2D eigenvalue weighted by Crippen LogP contribution is 2.16. The number of rotatable bonds is 8. The zero-order valence-corrected chi connectivity index (χ0v) is 15.3. The monoisotopic (exact) mass is 325 g/mol. The van der Waals surface area contributed by atoms with Gasteiger partial charge in [-0.1, -0.05) is 6.92 Å². The van der Waals surface area contributed by atoms with Crippen LogP contribution >= 0.6 is 0 Å². The molecule has 1 saturated heterocycles. The molecule has 6 nitrogen and oxygen atoms in total. The van der Waals surface area contributed by atoms with Gasteiger partial charge >= 0.3 is 0 Å². The quantitative estimate of drug-likeness (QED) is 0.355. The van der Waals surface area contributed by atoms with Gasteiger partial charge in [0, 0.05) is 13.1 Å². The standard InChI is InChI=1S/C17H35N5O/c1-5-19-16(21-13-17(3,4)15(18)23)20-9-6-10-22-11-7-14(2)8-12-22/h14H,5-13H2,1-4H3,(H2,18,23)(H2,19,20,21). The number of primary amides is 1. The van der Waals surface area contributed by atoms with Crippen LogP contribution in [0.15, 0.2) is 4.99 Å². The fourth-order valence-corrected chi connectivity index (χ4v) is 2.49. The van der Waals surface area contributed by atoms with Crippen molar-refractivity contribution in [3.8, 4) is 0 Å². The molecule has 0 saturated carbocycles. The Morgan fingerprint density at radius 3 is 2.52 bits per heavy atom. The third-order valence-electron chi connectivity index (χ3n) is 4.46. The van der Waals surface area contributed by atoms with E-state index in [0.29, 0.717) is 6.54 Å². The van der Waals surface area contributed by atoms with Crippen molar-refractivity contribution >= 4 is 11.9 Å². The lowest BCUT2D eigenvalue weighted by Gasteiger charge is -2.30. The molecule has 0 aromatic carbocycles. The van der Waals surface area contributed by atoms with Crippen molar-refractivity contribution in [3.05, 3.63) is 0 Å². The summed E-state index contributed by atoms with van der Waals surface area (Å²) in [7, 11) is 0. The van der Waals surface area contributed by atoms with E-state index in [1.807, 2.05) is 20.8 Å². The van der Waals surface area contributed by atoms with Crippen molar-refractivity contribution in [1.82, 2.24) is 15.5 Å². The molecule has 0 radical (unpaired) electrons. The summed E-state index contributed by atoms with van der Waals surface area (Å²) < 4.78 is 0. The number of nitrogens with one attached hydrogen (secondary N) is 2. The molecule has 1 heterocycles. The highest BCUT2D eigenvalue weighted by atomic mass is 16.1. The number of hydrogen-bond acceptors (Lipinski definition) is 3. The van der Waals surface area contributed by atoms with Gasteiger partial charge in [0.15, 0.2) is 5.96 Å². The summed E-state index contributed by atoms with van der Waals surface area (Å²) >= 11 is 0. The second kappa shape index (κ2) is 9.75. The summed E-state index contributed by atoms with van der Waals surface area (Å²) in [6, 6.07) is 0. The summed E-state index contributed by atoms with van der Waals surface area (Å²) in [4.78, 5) is 18.4. The van der Waals surface area contributed by atoms with Gasteiger partial charge in [-0.2, -0.15) is 0 Å². The Labute approximate surface area is 141 Å². The molecule has 0 aromatic heterocycles. The maximum Gasteiger partial charge on any atom is 0.224 e. The molecule has 23 heavy (non-hydrogen) atoms. The van der Waals surface area contributed by atoms with E-state index in [2.05, 4.69) is 27.4 Å². The molecule has 1 aliphatic rings. The summed E-state index contributed by atoms with van der Waals surface area (Å²) in [5.74, 6) is 1.32. The number of nitrogens with two attached hydrogens (primary N) is 1. The molecule has 1 aliphatic heterocycles. The first-order chi connectivity index (χ1) is 10.8. The number of nitrogens with zero attached hydrogens (tertiary/aromatic N) is 2. The first-order valence-electron chi connectivity index (χ1n) is 8.89. The Hall–Kier alpha value is -1.30. The number of piperidine rings is 1. The molecule has 1 amide bonds. The van der Waals surface area contributed by atoms with E-state index in [1.54, 1.807) is 0 Å². The van der Waals surface area contributed by atoms with Crippen LogP contribution in [-0.4, -0.2) is 56.0 Å². The first kappa shape index (κ1) is 19.7. The smallest absolute Gasteiger partial charge is 0.224 e. The Kier molecular flexibility index (Phi) is 8.37. The van der Waals surface area contributed by atoms with Crippen molar-refractivity contribution < 1.29 is 4.79 Å². The second-order valence-electron chi connectivity index (χ2n) is 7.25. The van der Waals surface area contributed by atoms with Crippen LogP contribution in [0.1, 0.15) is 47.0 Å². The van der Waals surface area contributed by atoms with Crippen LogP contribution in [0, 0.1) is 11.3 Å². The number of guanidine groups is 1. The number of amides is 1. The molecule has 4 N–H and O–H groups in total. The largest absolute Gasteiger partial charge is 0.369 e. The SMILES string of the molecule is CCNC(=NCC(C)(C)C(N)=O)NCCCN1CCC(C)CC1. The van der Waals surface area contributed by atoms with Crippen molar-refractivity contribution in [2.24, 2.45) is 22.1 Å². The van der Waals surface area contributed by atoms with Gasteiger partial charge in [0.05, 0.1) is 12.0 Å². The third-order valence-corrected chi connectivity index (χ3v) is 4.46. The third kappa shape index (κ3) is 7.68. The molecule has 0 aliphatic carbocycles. The highest BCUT2D eigenvalue weighted by Gasteiger charge is 2.24. The van der Waals surface area contributed by atoms with Crippen molar-refractivity contribution in [3.63, 3.8) is 0 Å².